The summed E-state index contributed by atoms with van der Waals surface area (Å²) in [6.45, 7) is 5.86. The lowest BCUT2D eigenvalue weighted by molar-refractivity contribution is 0.318. The third-order valence-electron chi connectivity index (χ3n) is 3.13. The molecule has 0 aliphatic rings. The van der Waals surface area contributed by atoms with Crippen molar-refractivity contribution in [3.63, 3.8) is 0 Å². The summed E-state index contributed by atoms with van der Waals surface area (Å²) in [6.07, 6.45) is 3.12. The molecule has 3 nitrogen and oxygen atoms in total. The van der Waals surface area contributed by atoms with E-state index in [0.29, 0.717) is 0 Å². The molecule has 0 aliphatic carbocycles. The van der Waals surface area contributed by atoms with Crippen LogP contribution in [-0.2, 0) is 19.6 Å². The molecule has 0 unspecified atom stereocenters. The van der Waals surface area contributed by atoms with Gasteiger partial charge in [-0.2, -0.15) is 0 Å². The number of aromatic nitrogens is 1. The number of pyridine rings is 1. The minimum atomic E-state index is 0.845. The number of hydrogen-bond acceptors (Lipinski definition) is 4. The van der Waals surface area contributed by atoms with Gasteiger partial charge in [-0.15, -0.1) is 11.3 Å². The molecule has 0 aliphatic heterocycles. The van der Waals surface area contributed by atoms with Crippen LogP contribution >= 0.6 is 22.9 Å². The smallest absolute Gasteiger partial charge is 0.0931 e. The second kappa shape index (κ2) is 8.49. The highest BCUT2D eigenvalue weighted by atomic mass is 35.5. The van der Waals surface area contributed by atoms with E-state index in [9.17, 15) is 0 Å². The van der Waals surface area contributed by atoms with Crippen LogP contribution in [0.2, 0.25) is 4.34 Å². The summed E-state index contributed by atoms with van der Waals surface area (Å²) >= 11 is 7.59. The van der Waals surface area contributed by atoms with Crippen molar-refractivity contribution < 1.29 is 0 Å². The lowest BCUT2D eigenvalue weighted by atomic mass is 10.2. The van der Waals surface area contributed by atoms with Crippen molar-refractivity contribution in [2.24, 2.45) is 0 Å². The lowest BCUT2D eigenvalue weighted by Crippen LogP contribution is -2.18. The average molecular weight is 324 g/mol. The third-order valence-corrected chi connectivity index (χ3v) is 4.34. The highest BCUT2D eigenvalue weighted by molar-refractivity contribution is 7.16. The van der Waals surface area contributed by atoms with Gasteiger partial charge in [0, 0.05) is 30.7 Å². The quantitative estimate of drug-likeness (QED) is 0.746. The van der Waals surface area contributed by atoms with Crippen LogP contribution in [0.25, 0.3) is 0 Å². The monoisotopic (exact) mass is 323 g/mol. The largest absolute Gasteiger partial charge is 0.313 e. The van der Waals surface area contributed by atoms with Crippen molar-refractivity contribution in [1.82, 2.24) is 15.2 Å². The van der Waals surface area contributed by atoms with Gasteiger partial charge in [0.25, 0.3) is 0 Å². The minimum absolute atomic E-state index is 0.845. The fraction of sp³-hybridized carbons (Fsp3) is 0.438. The zero-order valence-corrected chi connectivity index (χ0v) is 14.2. The van der Waals surface area contributed by atoms with Gasteiger partial charge in [-0.3, -0.25) is 9.88 Å². The summed E-state index contributed by atoms with van der Waals surface area (Å²) in [5, 5.41) is 3.39. The number of halogens is 1. The van der Waals surface area contributed by atoms with Crippen LogP contribution in [0, 0.1) is 0 Å². The molecule has 5 heteroatoms. The van der Waals surface area contributed by atoms with E-state index < -0.39 is 0 Å². The number of hydrogen-bond donors (Lipinski definition) is 1. The Bertz CT molecular complexity index is 539. The van der Waals surface area contributed by atoms with Crippen LogP contribution in [0.1, 0.15) is 29.5 Å². The van der Waals surface area contributed by atoms with E-state index in [-0.39, 0.29) is 0 Å². The molecule has 114 valence electrons. The first-order chi connectivity index (χ1) is 10.2. The summed E-state index contributed by atoms with van der Waals surface area (Å²) in [6, 6.07) is 8.30. The number of nitrogens with one attached hydrogen (secondary N) is 1. The Morgan fingerprint density at radius 1 is 1.24 bits per heavy atom. The van der Waals surface area contributed by atoms with Gasteiger partial charge in [-0.05, 0) is 43.8 Å². The van der Waals surface area contributed by atoms with Crippen molar-refractivity contribution in [3.8, 4) is 0 Å². The number of rotatable bonds is 8. The predicted molar refractivity (Wildman–Crippen MR) is 90.7 cm³/mol. The second-order valence-electron chi connectivity index (χ2n) is 5.21. The Labute approximate surface area is 136 Å². The van der Waals surface area contributed by atoms with Gasteiger partial charge in [0.15, 0.2) is 0 Å². The van der Waals surface area contributed by atoms with Gasteiger partial charge in [0.05, 0.1) is 10.0 Å². The topological polar surface area (TPSA) is 28.2 Å². The van der Waals surface area contributed by atoms with Crippen molar-refractivity contribution in [1.29, 1.82) is 0 Å². The molecule has 0 saturated heterocycles. The number of thiophene rings is 1. The molecular weight excluding hydrogens is 302 g/mol. The van der Waals surface area contributed by atoms with Crippen LogP contribution in [0.15, 0.2) is 30.5 Å². The number of nitrogens with zero attached hydrogens (tertiary/aromatic N) is 2. The summed E-state index contributed by atoms with van der Waals surface area (Å²) < 4.78 is 0.848. The van der Waals surface area contributed by atoms with Gasteiger partial charge in [0.1, 0.15) is 0 Å². The van der Waals surface area contributed by atoms with Crippen LogP contribution in [0.4, 0.5) is 0 Å². The molecule has 0 atom stereocenters. The van der Waals surface area contributed by atoms with Gasteiger partial charge in [-0.25, -0.2) is 0 Å². The lowest BCUT2D eigenvalue weighted by Gasteiger charge is -2.15. The van der Waals surface area contributed by atoms with Crippen molar-refractivity contribution in [2.45, 2.75) is 33.0 Å². The first kappa shape index (κ1) is 16.4. The fourth-order valence-electron chi connectivity index (χ4n) is 2.10. The Balaban J connectivity index is 1.82. The van der Waals surface area contributed by atoms with Gasteiger partial charge < -0.3 is 5.32 Å². The van der Waals surface area contributed by atoms with E-state index in [1.807, 2.05) is 12.3 Å². The second-order valence-corrected chi connectivity index (χ2v) is 7.01. The van der Waals surface area contributed by atoms with Crippen molar-refractivity contribution in [3.05, 3.63) is 50.9 Å². The van der Waals surface area contributed by atoms with E-state index in [0.717, 1.165) is 42.6 Å². The van der Waals surface area contributed by atoms with Gasteiger partial charge in [-0.1, -0.05) is 24.6 Å². The maximum Gasteiger partial charge on any atom is 0.0931 e. The molecule has 0 radical (unpaired) electrons. The maximum atomic E-state index is 5.96. The van der Waals surface area contributed by atoms with Crippen LogP contribution < -0.4 is 5.32 Å². The molecule has 0 bridgehead atoms. The van der Waals surface area contributed by atoms with Crippen molar-refractivity contribution >= 4 is 22.9 Å². The molecule has 21 heavy (non-hydrogen) atoms. The SMILES string of the molecule is CCCNCc1ccc(CN(C)Cc2ccc(Cl)s2)nc1. The molecule has 0 aromatic carbocycles. The molecule has 0 fully saturated rings. The summed E-state index contributed by atoms with van der Waals surface area (Å²) in [5.41, 5.74) is 2.33. The zero-order valence-electron chi connectivity index (χ0n) is 12.6. The highest BCUT2D eigenvalue weighted by Gasteiger charge is 2.05. The standard InChI is InChI=1S/C16H22ClN3S/c1-3-8-18-9-13-4-5-14(19-10-13)11-20(2)12-15-6-7-16(17)21-15/h4-7,10,18H,3,8-9,11-12H2,1-2H3. The molecule has 2 rings (SSSR count). The van der Waals surface area contributed by atoms with E-state index in [1.54, 1.807) is 11.3 Å². The third kappa shape index (κ3) is 5.75. The molecule has 1 N–H and O–H groups in total. The van der Waals surface area contributed by atoms with E-state index in [2.05, 4.69) is 47.4 Å². The van der Waals surface area contributed by atoms with E-state index in [1.165, 1.54) is 10.4 Å². The minimum Gasteiger partial charge on any atom is -0.313 e. The Hall–Kier alpha value is -0.940. The molecule has 2 heterocycles. The Kier molecular flexibility index (Phi) is 6.64. The first-order valence-electron chi connectivity index (χ1n) is 7.24. The van der Waals surface area contributed by atoms with Crippen LogP contribution in [0.5, 0.6) is 0 Å². The molecule has 0 saturated carbocycles. The molecular formula is C16H22ClN3S. The normalized spacial score (nSPS) is 11.2. The maximum absolute atomic E-state index is 5.96. The van der Waals surface area contributed by atoms with E-state index >= 15 is 0 Å². The predicted octanol–water partition coefficient (Wildman–Crippen LogP) is 3.93. The summed E-state index contributed by atoms with van der Waals surface area (Å²) in [5.74, 6) is 0. The Morgan fingerprint density at radius 2 is 2.10 bits per heavy atom. The van der Waals surface area contributed by atoms with Crippen LogP contribution in [-0.4, -0.2) is 23.5 Å². The first-order valence-corrected chi connectivity index (χ1v) is 8.44. The molecule has 2 aromatic heterocycles. The van der Waals surface area contributed by atoms with Gasteiger partial charge >= 0.3 is 0 Å². The molecule has 0 spiro atoms. The van der Waals surface area contributed by atoms with Gasteiger partial charge in [0.2, 0.25) is 0 Å². The van der Waals surface area contributed by atoms with E-state index in [4.69, 9.17) is 11.6 Å². The Morgan fingerprint density at radius 3 is 2.71 bits per heavy atom. The molecule has 0 amide bonds. The average Bonchev–Trinajstić information content (AvgIpc) is 2.86. The summed E-state index contributed by atoms with van der Waals surface area (Å²) in [7, 11) is 2.10. The summed E-state index contributed by atoms with van der Waals surface area (Å²) in [4.78, 5) is 8.07. The zero-order chi connectivity index (χ0) is 15.1. The van der Waals surface area contributed by atoms with Crippen LogP contribution in [0.3, 0.4) is 0 Å². The highest BCUT2D eigenvalue weighted by Crippen LogP contribution is 2.22. The van der Waals surface area contributed by atoms with Crippen molar-refractivity contribution in [2.75, 3.05) is 13.6 Å². The fourth-order valence-corrected chi connectivity index (χ4v) is 3.27. The molecule has 2 aromatic rings.